The summed E-state index contributed by atoms with van der Waals surface area (Å²) in [5.74, 6) is 0.892. The molecule has 1 fully saturated rings. The standard InChI is InChI=1S/C21H25NO2/c1-2-24-19-12-10-18(11-13-19)21(23)20(16-22-14-6-7-15-22)17-8-4-3-5-9-17/h3-5,8-13,20H,2,6-7,14-16H2,1H3/t20-/m1/s1. The number of ether oxygens (including phenoxy) is 1. The van der Waals surface area contributed by atoms with Gasteiger partial charge in [0.15, 0.2) is 5.78 Å². The van der Waals surface area contributed by atoms with E-state index in [0.29, 0.717) is 6.61 Å². The molecule has 0 saturated carbocycles. The topological polar surface area (TPSA) is 29.5 Å². The number of carbonyl (C=O) groups excluding carboxylic acids is 1. The lowest BCUT2D eigenvalue weighted by atomic mass is 9.90. The monoisotopic (exact) mass is 323 g/mol. The second-order valence-electron chi connectivity index (χ2n) is 6.29. The van der Waals surface area contributed by atoms with Gasteiger partial charge in [-0.15, -0.1) is 0 Å². The van der Waals surface area contributed by atoms with Crippen LogP contribution in [0.5, 0.6) is 5.75 Å². The Hall–Kier alpha value is -2.13. The molecular weight excluding hydrogens is 298 g/mol. The highest BCUT2D eigenvalue weighted by molar-refractivity contribution is 6.01. The van der Waals surface area contributed by atoms with Crippen LogP contribution < -0.4 is 4.74 Å². The fourth-order valence-corrected chi connectivity index (χ4v) is 3.33. The van der Waals surface area contributed by atoms with Crippen LogP contribution in [0.25, 0.3) is 0 Å². The summed E-state index contributed by atoms with van der Waals surface area (Å²) in [6.07, 6.45) is 2.47. The number of carbonyl (C=O) groups is 1. The number of Topliss-reactive ketones (excluding diaryl/α,β-unsaturated/α-hetero) is 1. The maximum atomic E-state index is 13.1. The third-order valence-electron chi connectivity index (χ3n) is 4.61. The number of rotatable bonds is 7. The largest absolute Gasteiger partial charge is 0.494 e. The van der Waals surface area contributed by atoms with E-state index >= 15 is 0 Å². The highest BCUT2D eigenvalue weighted by Gasteiger charge is 2.25. The van der Waals surface area contributed by atoms with E-state index in [0.717, 1.165) is 36.5 Å². The minimum absolute atomic E-state index is 0.109. The van der Waals surface area contributed by atoms with Gasteiger partial charge in [0, 0.05) is 12.1 Å². The van der Waals surface area contributed by atoms with Crippen LogP contribution in [0.3, 0.4) is 0 Å². The first kappa shape index (κ1) is 16.7. The van der Waals surface area contributed by atoms with Crippen molar-refractivity contribution in [2.75, 3.05) is 26.2 Å². The van der Waals surface area contributed by atoms with E-state index in [2.05, 4.69) is 17.0 Å². The molecule has 0 bridgehead atoms. The number of nitrogens with zero attached hydrogens (tertiary/aromatic N) is 1. The summed E-state index contributed by atoms with van der Waals surface area (Å²) >= 11 is 0. The van der Waals surface area contributed by atoms with E-state index in [-0.39, 0.29) is 11.7 Å². The third kappa shape index (κ3) is 4.04. The minimum Gasteiger partial charge on any atom is -0.494 e. The number of likely N-dealkylation sites (tertiary alicyclic amines) is 1. The smallest absolute Gasteiger partial charge is 0.171 e. The summed E-state index contributed by atoms with van der Waals surface area (Å²) in [4.78, 5) is 15.5. The van der Waals surface area contributed by atoms with Crippen LogP contribution in [-0.4, -0.2) is 36.9 Å². The molecule has 1 saturated heterocycles. The van der Waals surface area contributed by atoms with Crippen molar-refractivity contribution in [3.63, 3.8) is 0 Å². The zero-order chi connectivity index (χ0) is 16.8. The van der Waals surface area contributed by atoms with Gasteiger partial charge in [-0.2, -0.15) is 0 Å². The summed E-state index contributed by atoms with van der Waals surface area (Å²) in [5, 5.41) is 0. The molecule has 24 heavy (non-hydrogen) atoms. The van der Waals surface area contributed by atoms with Crippen LogP contribution in [-0.2, 0) is 0 Å². The molecular formula is C21H25NO2. The van der Waals surface area contributed by atoms with Gasteiger partial charge in [0.1, 0.15) is 5.75 Å². The van der Waals surface area contributed by atoms with Gasteiger partial charge in [0.05, 0.1) is 12.5 Å². The number of benzene rings is 2. The van der Waals surface area contributed by atoms with Crippen molar-refractivity contribution in [2.24, 2.45) is 0 Å². The summed E-state index contributed by atoms with van der Waals surface area (Å²) in [6.45, 7) is 5.59. The van der Waals surface area contributed by atoms with E-state index in [1.807, 2.05) is 49.4 Å². The first-order valence-corrected chi connectivity index (χ1v) is 8.82. The molecule has 3 nitrogen and oxygen atoms in total. The maximum Gasteiger partial charge on any atom is 0.171 e. The molecule has 2 aromatic rings. The van der Waals surface area contributed by atoms with E-state index in [9.17, 15) is 4.79 Å². The fraction of sp³-hybridized carbons (Fsp3) is 0.381. The van der Waals surface area contributed by atoms with Gasteiger partial charge in [-0.05, 0) is 62.7 Å². The first-order valence-electron chi connectivity index (χ1n) is 8.82. The van der Waals surface area contributed by atoms with Crippen LogP contribution >= 0.6 is 0 Å². The van der Waals surface area contributed by atoms with Crippen molar-refractivity contribution < 1.29 is 9.53 Å². The highest BCUT2D eigenvalue weighted by atomic mass is 16.5. The molecule has 0 amide bonds. The van der Waals surface area contributed by atoms with E-state index < -0.39 is 0 Å². The van der Waals surface area contributed by atoms with Gasteiger partial charge in [-0.25, -0.2) is 0 Å². The second-order valence-corrected chi connectivity index (χ2v) is 6.29. The van der Waals surface area contributed by atoms with Crippen molar-refractivity contribution >= 4 is 5.78 Å². The Morgan fingerprint density at radius 3 is 2.33 bits per heavy atom. The average molecular weight is 323 g/mol. The molecule has 0 unspecified atom stereocenters. The predicted molar refractivity (Wildman–Crippen MR) is 96.8 cm³/mol. The summed E-state index contributed by atoms with van der Waals surface area (Å²) in [7, 11) is 0. The van der Waals surface area contributed by atoms with Crippen molar-refractivity contribution in [3.8, 4) is 5.75 Å². The summed E-state index contributed by atoms with van der Waals surface area (Å²) < 4.78 is 5.47. The highest BCUT2D eigenvalue weighted by Crippen LogP contribution is 2.25. The van der Waals surface area contributed by atoms with Crippen LogP contribution in [0, 0.1) is 0 Å². The summed E-state index contributed by atoms with van der Waals surface area (Å²) in [6, 6.07) is 17.7. The van der Waals surface area contributed by atoms with Crippen LogP contribution in [0.1, 0.15) is 41.6 Å². The molecule has 0 aromatic heterocycles. The van der Waals surface area contributed by atoms with E-state index in [1.165, 1.54) is 12.8 Å². The van der Waals surface area contributed by atoms with Crippen molar-refractivity contribution in [2.45, 2.75) is 25.7 Å². The predicted octanol–water partition coefficient (Wildman–Crippen LogP) is 4.15. The van der Waals surface area contributed by atoms with Gasteiger partial charge in [0.25, 0.3) is 0 Å². The van der Waals surface area contributed by atoms with Crippen LogP contribution in [0.15, 0.2) is 54.6 Å². The molecule has 2 aromatic carbocycles. The van der Waals surface area contributed by atoms with Gasteiger partial charge in [-0.1, -0.05) is 30.3 Å². The lowest BCUT2D eigenvalue weighted by Crippen LogP contribution is -2.30. The molecule has 1 aliphatic rings. The van der Waals surface area contributed by atoms with Gasteiger partial charge >= 0.3 is 0 Å². The van der Waals surface area contributed by atoms with Crippen molar-refractivity contribution in [1.82, 2.24) is 4.90 Å². The lowest BCUT2D eigenvalue weighted by molar-refractivity contribution is 0.0939. The molecule has 1 aliphatic heterocycles. The number of ketones is 1. The van der Waals surface area contributed by atoms with Crippen LogP contribution in [0.4, 0.5) is 0 Å². The number of hydrogen-bond acceptors (Lipinski definition) is 3. The lowest BCUT2D eigenvalue weighted by Gasteiger charge is -2.23. The quantitative estimate of drug-likeness (QED) is 0.717. The Labute approximate surface area is 144 Å². The number of hydrogen-bond donors (Lipinski definition) is 0. The Bertz CT molecular complexity index is 645. The molecule has 126 valence electrons. The molecule has 1 heterocycles. The normalized spacial score (nSPS) is 16.0. The molecule has 1 atom stereocenters. The van der Waals surface area contributed by atoms with Crippen LogP contribution in [0.2, 0.25) is 0 Å². The summed E-state index contributed by atoms with van der Waals surface area (Å²) in [5.41, 5.74) is 1.86. The minimum atomic E-state index is -0.109. The Morgan fingerprint density at radius 1 is 1.04 bits per heavy atom. The fourth-order valence-electron chi connectivity index (χ4n) is 3.33. The third-order valence-corrected chi connectivity index (χ3v) is 4.61. The first-order chi connectivity index (χ1) is 11.8. The Kier molecular flexibility index (Phi) is 5.65. The zero-order valence-electron chi connectivity index (χ0n) is 14.3. The van der Waals surface area contributed by atoms with E-state index in [4.69, 9.17) is 4.74 Å². The van der Waals surface area contributed by atoms with Gasteiger partial charge in [0.2, 0.25) is 0 Å². The van der Waals surface area contributed by atoms with Crippen molar-refractivity contribution in [3.05, 3.63) is 65.7 Å². The maximum absolute atomic E-state index is 13.1. The second kappa shape index (κ2) is 8.11. The molecule has 0 radical (unpaired) electrons. The van der Waals surface area contributed by atoms with Gasteiger partial charge < -0.3 is 9.64 Å². The Balaban J connectivity index is 1.82. The molecule has 3 heteroatoms. The molecule has 3 rings (SSSR count). The van der Waals surface area contributed by atoms with E-state index in [1.54, 1.807) is 0 Å². The average Bonchev–Trinajstić information content (AvgIpc) is 3.14. The molecule has 0 aliphatic carbocycles. The molecule has 0 spiro atoms. The molecule has 0 N–H and O–H groups in total. The van der Waals surface area contributed by atoms with Crippen molar-refractivity contribution in [1.29, 1.82) is 0 Å². The van der Waals surface area contributed by atoms with Gasteiger partial charge in [-0.3, -0.25) is 4.79 Å². The SMILES string of the molecule is CCOc1ccc(C(=O)[C@H](CN2CCCC2)c2ccccc2)cc1. The zero-order valence-corrected chi connectivity index (χ0v) is 14.3. The Morgan fingerprint density at radius 2 is 1.71 bits per heavy atom.